The molecule has 0 heterocycles. The molecule has 0 saturated heterocycles. The van der Waals surface area contributed by atoms with E-state index in [0.29, 0.717) is 13.0 Å². The van der Waals surface area contributed by atoms with Crippen molar-refractivity contribution in [2.24, 2.45) is 10.7 Å². The molecule has 0 aromatic heterocycles. The zero-order valence-electron chi connectivity index (χ0n) is 7.94. The summed E-state index contributed by atoms with van der Waals surface area (Å²) < 4.78 is 0. The van der Waals surface area contributed by atoms with E-state index in [9.17, 15) is 4.79 Å². The van der Waals surface area contributed by atoms with E-state index in [2.05, 4.69) is 10.9 Å². The molecule has 0 amide bonds. The average molecular weight is 194 g/mol. The van der Waals surface area contributed by atoms with Crippen LogP contribution >= 0.6 is 0 Å². The smallest absolute Gasteiger partial charge is 0.354 e. The minimum absolute atomic E-state index is 0.0202. The Labute approximate surface area is 83.5 Å². The fourth-order valence-corrected chi connectivity index (χ4v) is 0.821. The molecule has 0 spiro atoms. The Morgan fingerprint density at radius 2 is 2.29 bits per heavy atom. The number of rotatable bonds is 6. The maximum atomic E-state index is 10.5. The molecule has 76 valence electrons. The molecule has 4 nitrogen and oxygen atoms in total. The number of aliphatic imine (C=N–C) groups is 1. The summed E-state index contributed by atoms with van der Waals surface area (Å²) >= 11 is 0. The third-order valence-electron chi connectivity index (χ3n) is 1.48. The van der Waals surface area contributed by atoms with E-state index in [0.717, 1.165) is 19.0 Å². The van der Waals surface area contributed by atoms with Gasteiger partial charge in [0, 0.05) is 13.0 Å². The Kier molecular flexibility index (Phi) is 6.88. The quantitative estimate of drug-likeness (QED) is 0.373. The fourth-order valence-electron chi connectivity index (χ4n) is 0.821. The van der Waals surface area contributed by atoms with E-state index in [1.165, 1.54) is 6.08 Å². The first-order valence-corrected chi connectivity index (χ1v) is 4.32. The van der Waals surface area contributed by atoms with E-state index in [1.807, 2.05) is 0 Å². The molecule has 0 aromatic carbocycles. The molecule has 0 unspecified atom stereocenters. The lowest BCUT2D eigenvalue weighted by Gasteiger charge is -1.95. The summed E-state index contributed by atoms with van der Waals surface area (Å²) in [7, 11) is 0. The Morgan fingerprint density at radius 1 is 1.57 bits per heavy atom. The van der Waals surface area contributed by atoms with Gasteiger partial charge in [0.1, 0.15) is 5.71 Å². The lowest BCUT2D eigenvalue weighted by atomic mass is 10.2. The molecule has 0 bridgehead atoms. The number of hydrogen-bond donors (Lipinski definition) is 2. The number of carboxylic acids is 1. The van der Waals surface area contributed by atoms with Gasteiger partial charge in [-0.2, -0.15) is 0 Å². The lowest BCUT2D eigenvalue weighted by molar-refractivity contribution is -0.129. The van der Waals surface area contributed by atoms with Crippen LogP contribution in [0.3, 0.4) is 0 Å². The van der Waals surface area contributed by atoms with Gasteiger partial charge < -0.3 is 10.8 Å². The number of unbranched alkanes of at least 4 members (excludes halogenated alkanes) is 2. The molecule has 0 rings (SSSR count). The van der Waals surface area contributed by atoms with Gasteiger partial charge in [0.25, 0.3) is 0 Å². The van der Waals surface area contributed by atoms with Crippen LogP contribution in [0.1, 0.15) is 19.3 Å². The number of terminal acetylenes is 1. The van der Waals surface area contributed by atoms with E-state index in [1.54, 1.807) is 0 Å². The summed E-state index contributed by atoms with van der Waals surface area (Å²) in [6, 6.07) is 0. The number of nitrogens with two attached hydrogens (primary N) is 1. The van der Waals surface area contributed by atoms with Crippen LogP contribution in [0.25, 0.3) is 0 Å². The summed E-state index contributed by atoms with van der Waals surface area (Å²) in [6.45, 7) is 0.466. The van der Waals surface area contributed by atoms with Crippen LogP contribution in [0.15, 0.2) is 17.3 Å². The van der Waals surface area contributed by atoms with Gasteiger partial charge in [-0.3, -0.25) is 4.99 Å². The van der Waals surface area contributed by atoms with Gasteiger partial charge in [-0.1, -0.05) is 0 Å². The second-order valence-electron chi connectivity index (χ2n) is 2.59. The Bertz CT molecular complexity index is 274. The molecule has 3 N–H and O–H groups in total. The van der Waals surface area contributed by atoms with Crippen molar-refractivity contribution in [2.75, 3.05) is 6.54 Å². The average Bonchev–Trinajstić information content (AvgIpc) is 2.15. The van der Waals surface area contributed by atoms with Gasteiger partial charge in [-0.25, -0.2) is 4.79 Å². The number of aliphatic carboxylic acids is 1. The molecule has 0 atom stereocenters. The highest BCUT2D eigenvalue weighted by molar-refractivity contribution is 6.40. The molecular formula is C10H14N2O2. The third kappa shape index (κ3) is 5.84. The second kappa shape index (κ2) is 7.87. The monoisotopic (exact) mass is 194 g/mol. The van der Waals surface area contributed by atoms with Gasteiger partial charge in [-0.05, 0) is 25.1 Å². The number of carbonyl (C=O) groups is 1. The van der Waals surface area contributed by atoms with Crippen LogP contribution in [0.4, 0.5) is 0 Å². The van der Waals surface area contributed by atoms with Crippen LogP contribution < -0.4 is 5.73 Å². The van der Waals surface area contributed by atoms with Gasteiger partial charge >= 0.3 is 5.97 Å². The van der Waals surface area contributed by atoms with Crippen molar-refractivity contribution in [3.05, 3.63) is 12.3 Å². The molecular weight excluding hydrogens is 180 g/mol. The topological polar surface area (TPSA) is 75.7 Å². The highest BCUT2D eigenvalue weighted by Gasteiger charge is 2.02. The van der Waals surface area contributed by atoms with Crippen molar-refractivity contribution in [3.8, 4) is 12.3 Å². The first-order chi connectivity index (χ1) is 6.72. The molecule has 0 aliphatic heterocycles. The summed E-state index contributed by atoms with van der Waals surface area (Å²) in [6.07, 6.45) is 9.84. The Morgan fingerprint density at radius 3 is 2.79 bits per heavy atom. The highest BCUT2D eigenvalue weighted by atomic mass is 16.4. The fraction of sp³-hybridized carbons (Fsp3) is 0.400. The molecule has 0 aliphatic rings. The van der Waals surface area contributed by atoms with Crippen molar-refractivity contribution in [1.82, 2.24) is 0 Å². The van der Waals surface area contributed by atoms with E-state index in [4.69, 9.17) is 17.3 Å². The minimum Gasteiger partial charge on any atom is -0.477 e. The summed E-state index contributed by atoms with van der Waals surface area (Å²) in [5.74, 6) is 1.44. The number of nitrogens with zero attached hydrogens (tertiary/aromatic N) is 1. The summed E-state index contributed by atoms with van der Waals surface area (Å²) in [4.78, 5) is 14.4. The van der Waals surface area contributed by atoms with E-state index < -0.39 is 5.97 Å². The van der Waals surface area contributed by atoms with Crippen LogP contribution in [0.2, 0.25) is 0 Å². The minimum atomic E-state index is -1.07. The van der Waals surface area contributed by atoms with Gasteiger partial charge in [0.15, 0.2) is 0 Å². The maximum Gasteiger partial charge on any atom is 0.354 e. The van der Waals surface area contributed by atoms with Crippen LogP contribution in [0.5, 0.6) is 0 Å². The molecule has 0 saturated carbocycles. The first kappa shape index (κ1) is 12.2. The highest BCUT2D eigenvalue weighted by Crippen LogP contribution is 1.95. The van der Waals surface area contributed by atoms with E-state index >= 15 is 0 Å². The lowest BCUT2D eigenvalue weighted by Crippen LogP contribution is -2.11. The Hall–Kier alpha value is -1.76. The van der Waals surface area contributed by atoms with E-state index in [-0.39, 0.29) is 5.71 Å². The van der Waals surface area contributed by atoms with Gasteiger partial charge in [0.05, 0.1) is 0 Å². The normalized spacial score (nSPS) is 11.5. The number of carboxylic acid groups (broad SMARTS) is 1. The first-order valence-electron chi connectivity index (χ1n) is 4.32. The van der Waals surface area contributed by atoms with Crippen molar-refractivity contribution >= 4 is 11.7 Å². The summed E-state index contributed by atoms with van der Waals surface area (Å²) in [5.41, 5.74) is 5.05. The van der Waals surface area contributed by atoms with Crippen LogP contribution in [-0.2, 0) is 4.79 Å². The molecule has 14 heavy (non-hydrogen) atoms. The second-order valence-corrected chi connectivity index (χ2v) is 2.59. The van der Waals surface area contributed by atoms with Crippen molar-refractivity contribution in [1.29, 1.82) is 0 Å². The van der Waals surface area contributed by atoms with Gasteiger partial charge in [0.2, 0.25) is 0 Å². The maximum absolute atomic E-state index is 10.5. The molecule has 0 aliphatic carbocycles. The zero-order valence-corrected chi connectivity index (χ0v) is 7.94. The summed E-state index contributed by atoms with van der Waals surface area (Å²) in [5, 5.41) is 8.64. The molecule has 0 fully saturated rings. The predicted octanol–water partition coefficient (Wildman–Crippen LogP) is 0.788. The van der Waals surface area contributed by atoms with Crippen LogP contribution in [0, 0.1) is 12.3 Å². The SMILES string of the molecule is C#CCCCCN=C(/C=C\N)C(=O)O. The predicted molar refractivity (Wildman–Crippen MR) is 55.9 cm³/mol. The van der Waals surface area contributed by atoms with Crippen LogP contribution in [-0.4, -0.2) is 23.3 Å². The van der Waals surface area contributed by atoms with Crippen molar-refractivity contribution in [2.45, 2.75) is 19.3 Å². The molecule has 0 aromatic rings. The third-order valence-corrected chi connectivity index (χ3v) is 1.48. The van der Waals surface area contributed by atoms with Crippen molar-refractivity contribution in [3.63, 3.8) is 0 Å². The molecule has 4 heteroatoms. The standard InChI is InChI=1S/C10H14N2O2/c1-2-3-4-5-8-12-9(6-7-11)10(13)14/h1,6-7H,3-5,8,11H2,(H,13,14)/b7-6-,12-9?. The molecule has 0 radical (unpaired) electrons. The zero-order chi connectivity index (χ0) is 10.8. The van der Waals surface area contributed by atoms with Crippen molar-refractivity contribution < 1.29 is 9.90 Å². The largest absolute Gasteiger partial charge is 0.477 e. The Balaban J connectivity index is 3.93. The van der Waals surface area contributed by atoms with Gasteiger partial charge in [-0.15, -0.1) is 12.3 Å². The number of hydrogen-bond acceptors (Lipinski definition) is 3.